The lowest BCUT2D eigenvalue weighted by Crippen LogP contribution is -3.00. The number of amides is 2. The number of nitrogens with one attached hydrogen (secondary N) is 1. The normalized spacial score (nSPS) is 10.7. The van der Waals surface area contributed by atoms with Gasteiger partial charge in [0.2, 0.25) is 5.51 Å². The number of thiazole rings is 1. The summed E-state index contributed by atoms with van der Waals surface area (Å²) in [4.78, 5) is 14.4. The summed E-state index contributed by atoms with van der Waals surface area (Å²) in [6, 6.07) is 16.2. The number of halogens is 1. The van der Waals surface area contributed by atoms with E-state index >= 15 is 0 Å². The van der Waals surface area contributed by atoms with Crippen molar-refractivity contribution in [3.63, 3.8) is 0 Å². The molecule has 0 aliphatic carbocycles. The number of rotatable bonds is 19. The summed E-state index contributed by atoms with van der Waals surface area (Å²) in [7, 11) is 1.67. The Labute approximate surface area is 256 Å². The molecule has 0 radical (unpaired) electrons. The first-order valence-electron chi connectivity index (χ1n) is 14.9. The molecular weight excluding hydrogens is 582 g/mol. The molecule has 220 valence electrons. The maximum absolute atomic E-state index is 12.7. The Kier molecular flexibility index (Phi) is 17.3. The molecule has 0 aliphatic rings. The minimum Gasteiger partial charge on any atom is -1.00 e. The third-order valence-electron chi connectivity index (χ3n) is 7.13. The van der Waals surface area contributed by atoms with Crippen molar-refractivity contribution in [3.05, 3.63) is 76.7 Å². The number of carbonyl (C=O) groups excluding carboxylic acids is 1. The third kappa shape index (κ3) is 12.9. The molecule has 0 aliphatic heterocycles. The maximum atomic E-state index is 12.7. The predicted molar refractivity (Wildman–Crippen MR) is 164 cm³/mol. The number of benzene rings is 2. The van der Waals surface area contributed by atoms with Gasteiger partial charge in [0.05, 0.1) is 18.5 Å². The molecule has 5 nitrogen and oxygen atoms in total. The van der Waals surface area contributed by atoms with Crippen molar-refractivity contribution in [1.29, 1.82) is 0 Å². The summed E-state index contributed by atoms with van der Waals surface area (Å²) in [5.74, 6) is 0.892. The second-order valence-corrected chi connectivity index (χ2v) is 11.1. The zero-order valence-electron chi connectivity index (χ0n) is 24.5. The number of carbonyl (C=O) groups is 1. The van der Waals surface area contributed by atoms with E-state index in [0.717, 1.165) is 36.6 Å². The van der Waals surface area contributed by atoms with Crippen molar-refractivity contribution in [1.82, 2.24) is 5.32 Å². The molecule has 1 N–H and O–H groups in total. The van der Waals surface area contributed by atoms with Crippen molar-refractivity contribution in [2.75, 3.05) is 18.6 Å². The van der Waals surface area contributed by atoms with Gasteiger partial charge in [-0.05, 0) is 36.2 Å². The Balaban J connectivity index is 0.00000560. The summed E-state index contributed by atoms with van der Waals surface area (Å²) in [6.07, 6.45) is 18.2. The molecule has 0 atom stereocenters. The Morgan fingerprint density at radius 1 is 0.825 bits per heavy atom. The van der Waals surface area contributed by atoms with Gasteiger partial charge in [0.15, 0.2) is 12.7 Å². The molecule has 40 heavy (non-hydrogen) atoms. The van der Waals surface area contributed by atoms with Crippen LogP contribution >= 0.6 is 11.3 Å². The number of hydrogen-bond donors (Lipinski definition) is 1. The average Bonchev–Trinajstić information content (AvgIpc) is 3.48. The molecule has 3 aromatic rings. The van der Waals surface area contributed by atoms with Crippen LogP contribution in [0.1, 0.15) is 95.1 Å². The van der Waals surface area contributed by atoms with Gasteiger partial charge in [-0.3, -0.25) is 4.90 Å². The van der Waals surface area contributed by atoms with Gasteiger partial charge in [-0.15, -0.1) is 0 Å². The van der Waals surface area contributed by atoms with Crippen LogP contribution in [-0.4, -0.2) is 19.7 Å². The van der Waals surface area contributed by atoms with Gasteiger partial charge in [0.25, 0.3) is 0 Å². The molecule has 3 rings (SSSR count). The van der Waals surface area contributed by atoms with Crippen LogP contribution in [0.5, 0.6) is 5.75 Å². The smallest absolute Gasteiger partial charge is 0.321 e. The molecule has 7 heteroatoms. The topological polar surface area (TPSA) is 45.5 Å². The molecule has 0 spiro atoms. The highest BCUT2D eigenvalue weighted by molar-refractivity contribution is 7.07. The average molecular weight is 631 g/mol. The molecule has 0 fully saturated rings. The molecule has 2 amide bonds. The van der Waals surface area contributed by atoms with E-state index in [1.807, 2.05) is 24.3 Å². The summed E-state index contributed by atoms with van der Waals surface area (Å²) in [5.41, 5.74) is 5.24. The summed E-state index contributed by atoms with van der Waals surface area (Å²) >= 11 is 1.68. The first-order chi connectivity index (χ1) is 19.2. The second-order valence-electron chi connectivity index (χ2n) is 10.4. The van der Waals surface area contributed by atoms with Crippen LogP contribution < -0.4 is 36.5 Å². The molecule has 0 saturated heterocycles. The Morgan fingerprint density at radius 3 is 1.95 bits per heavy atom. The van der Waals surface area contributed by atoms with Gasteiger partial charge in [-0.1, -0.05) is 113 Å². The van der Waals surface area contributed by atoms with Gasteiger partial charge in [0.1, 0.15) is 5.75 Å². The first-order valence-corrected chi connectivity index (χ1v) is 15.8. The SMILES string of the molecule is CCCCCCCCCCCCCCOc1ccc(CN(C(=O)NC)c2ccc(C[n+]3ccsc3)cc2)cc1.[Br-]. The Hall–Kier alpha value is -2.38. The first kappa shape index (κ1) is 33.8. The minimum absolute atomic E-state index is 0. The summed E-state index contributed by atoms with van der Waals surface area (Å²) in [6.45, 7) is 4.36. The van der Waals surface area contributed by atoms with Crippen LogP contribution in [0.3, 0.4) is 0 Å². The van der Waals surface area contributed by atoms with E-state index in [0.29, 0.717) is 6.54 Å². The minimum atomic E-state index is -0.123. The van der Waals surface area contributed by atoms with E-state index in [1.54, 1.807) is 23.3 Å². The van der Waals surface area contributed by atoms with E-state index in [9.17, 15) is 4.79 Å². The molecule has 0 unspecified atom stereocenters. The maximum Gasteiger partial charge on any atom is 0.321 e. The number of unbranched alkanes of at least 4 members (excludes halogenated alkanes) is 11. The fraction of sp³-hybridized carbons (Fsp3) is 0.515. The van der Waals surface area contributed by atoms with Gasteiger partial charge < -0.3 is 27.0 Å². The predicted octanol–water partition coefficient (Wildman–Crippen LogP) is 5.51. The Morgan fingerprint density at radius 2 is 1.40 bits per heavy atom. The van der Waals surface area contributed by atoms with Crippen molar-refractivity contribution in [2.45, 2.75) is 97.1 Å². The highest BCUT2D eigenvalue weighted by Gasteiger charge is 2.15. The number of anilines is 1. The standard InChI is InChI=1S/C33H47N3O2S.BrH/c1-3-4-5-6-7-8-9-10-11-12-13-14-24-38-32-21-17-30(18-22-32)27-36(33(37)34-2)31-19-15-29(16-20-31)26-35-23-25-39-28-35;/h15-23,25,28H,3-14,24,26-27H2,1-2H3;1H. The number of ether oxygens (including phenoxy) is 1. The summed E-state index contributed by atoms with van der Waals surface area (Å²) in [5, 5.41) is 4.84. The van der Waals surface area contributed by atoms with Crippen LogP contribution in [0.4, 0.5) is 10.5 Å². The van der Waals surface area contributed by atoms with Crippen molar-refractivity contribution < 1.29 is 31.1 Å². The van der Waals surface area contributed by atoms with E-state index in [2.05, 4.69) is 58.2 Å². The van der Waals surface area contributed by atoms with Crippen LogP contribution in [-0.2, 0) is 13.1 Å². The largest absolute Gasteiger partial charge is 1.00 e. The lowest BCUT2D eigenvalue weighted by atomic mass is 10.1. The zero-order valence-corrected chi connectivity index (χ0v) is 26.9. The third-order valence-corrected chi connectivity index (χ3v) is 7.80. The van der Waals surface area contributed by atoms with Crippen molar-refractivity contribution in [3.8, 4) is 5.75 Å². The van der Waals surface area contributed by atoms with E-state index in [-0.39, 0.29) is 23.0 Å². The van der Waals surface area contributed by atoms with Crippen LogP contribution in [0, 0.1) is 0 Å². The van der Waals surface area contributed by atoms with Crippen LogP contribution in [0.25, 0.3) is 0 Å². The fourth-order valence-electron chi connectivity index (χ4n) is 4.77. The van der Waals surface area contributed by atoms with Gasteiger partial charge in [0, 0.05) is 18.3 Å². The number of nitrogens with zero attached hydrogens (tertiary/aromatic N) is 2. The molecule has 1 aromatic heterocycles. The Bertz CT molecular complexity index is 1040. The van der Waals surface area contributed by atoms with Crippen molar-refractivity contribution in [2.24, 2.45) is 0 Å². The zero-order chi connectivity index (χ0) is 27.5. The van der Waals surface area contributed by atoms with Gasteiger partial charge in [-0.2, -0.15) is 4.57 Å². The van der Waals surface area contributed by atoms with E-state index < -0.39 is 0 Å². The molecule has 0 saturated carbocycles. The van der Waals surface area contributed by atoms with Crippen LogP contribution in [0.2, 0.25) is 0 Å². The molecule has 0 bridgehead atoms. The van der Waals surface area contributed by atoms with E-state index in [1.165, 1.54) is 76.2 Å². The fourth-order valence-corrected chi connectivity index (χ4v) is 5.36. The van der Waals surface area contributed by atoms with E-state index in [4.69, 9.17) is 4.74 Å². The highest BCUT2D eigenvalue weighted by Crippen LogP contribution is 2.21. The van der Waals surface area contributed by atoms with Crippen LogP contribution in [0.15, 0.2) is 65.6 Å². The number of aromatic nitrogens is 1. The number of hydrogen-bond acceptors (Lipinski definition) is 3. The number of urea groups is 1. The van der Waals surface area contributed by atoms with Gasteiger partial charge >= 0.3 is 6.03 Å². The molecule has 1 heterocycles. The second kappa shape index (κ2) is 20.5. The van der Waals surface area contributed by atoms with Crippen molar-refractivity contribution >= 4 is 23.1 Å². The van der Waals surface area contributed by atoms with Gasteiger partial charge in [-0.25, -0.2) is 4.79 Å². The monoisotopic (exact) mass is 629 g/mol. The highest BCUT2D eigenvalue weighted by atomic mass is 79.9. The molecular formula is C33H48BrN3O2S. The lowest BCUT2D eigenvalue weighted by molar-refractivity contribution is -0.683. The lowest BCUT2D eigenvalue weighted by Gasteiger charge is -2.23. The molecule has 2 aromatic carbocycles. The summed E-state index contributed by atoms with van der Waals surface area (Å²) < 4.78 is 8.12. The quantitative estimate of drug-likeness (QED) is 0.140.